The molecule has 1 saturated carbocycles. The second kappa shape index (κ2) is 4.90. The van der Waals surface area contributed by atoms with Gasteiger partial charge in [-0.1, -0.05) is 13.8 Å². The number of nitrogens with one attached hydrogen (secondary N) is 1. The minimum absolute atomic E-state index is 0.109. The maximum absolute atomic E-state index is 11.7. The van der Waals surface area contributed by atoms with Crippen LogP contribution < -0.4 is 15.0 Å². The molecule has 0 radical (unpaired) electrons. The Balaban J connectivity index is 1.92. The first-order chi connectivity index (χ1) is 10.9. The summed E-state index contributed by atoms with van der Waals surface area (Å²) in [7, 11) is 0. The number of allylic oxidation sites excluding steroid dienone is 1. The van der Waals surface area contributed by atoms with Crippen molar-refractivity contribution in [3.63, 3.8) is 0 Å². The van der Waals surface area contributed by atoms with Gasteiger partial charge in [0.25, 0.3) is 5.91 Å². The fraction of sp³-hybridized carbons (Fsp3) is 0.353. The first-order valence-electron chi connectivity index (χ1n) is 7.57. The lowest BCUT2D eigenvalue weighted by Gasteiger charge is -2.29. The van der Waals surface area contributed by atoms with Crippen LogP contribution in [0.5, 0.6) is 11.5 Å². The van der Waals surface area contributed by atoms with Gasteiger partial charge < -0.3 is 15.2 Å². The molecule has 0 atom stereocenters. The Morgan fingerprint density at radius 2 is 2.13 bits per heavy atom. The molecule has 1 aromatic rings. The van der Waals surface area contributed by atoms with Crippen molar-refractivity contribution in [1.29, 1.82) is 0 Å². The summed E-state index contributed by atoms with van der Waals surface area (Å²) in [4.78, 5) is 13.7. The number of benzene rings is 1. The van der Waals surface area contributed by atoms with Crippen LogP contribution >= 0.6 is 22.6 Å². The second-order valence-electron chi connectivity index (χ2n) is 6.73. The molecule has 2 N–H and O–H groups in total. The van der Waals surface area contributed by atoms with E-state index in [-0.39, 0.29) is 17.1 Å². The number of aromatic hydroxyl groups is 1. The number of amides is 1. The van der Waals surface area contributed by atoms with Crippen molar-refractivity contribution in [2.45, 2.75) is 32.1 Å². The molecule has 0 bridgehead atoms. The molecule has 23 heavy (non-hydrogen) atoms. The van der Waals surface area contributed by atoms with Crippen molar-refractivity contribution in [2.75, 3.05) is 11.5 Å². The molecular weight excluding hydrogens is 407 g/mol. The number of carbonyl (C=O) groups is 1. The average molecular weight is 424 g/mol. The average Bonchev–Trinajstić information content (AvgIpc) is 3.28. The number of carbonyl (C=O) groups excluding carboxylic acids is 1. The zero-order valence-corrected chi connectivity index (χ0v) is 15.1. The quantitative estimate of drug-likeness (QED) is 0.681. The largest absolute Gasteiger partial charge is 0.506 e. The number of hydrogen-bond acceptors (Lipinski definition) is 4. The van der Waals surface area contributed by atoms with E-state index in [0.29, 0.717) is 12.4 Å². The SMILES string of the molecule is CC1(C)COc2c(N3C=CC(=O)NC3=C3CC3)cc(I)c(O)c21. The Kier molecular flexibility index (Phi) is 3.16. The summed E-state index contributed by atoms with van der Waals surface area (Å²) in [5, 5.41) is 13.4. The Labute approximate surface area is 148 Å². The number of nitrogens with zero attached hydrogens (tertiary/aromatic N) is 1. The van der Waals surface area contributed by atoms with Crippen LogP contribution in [0, 0.1) is 3.57 Å². The van der Waals surface area contributed by atoms with Gasteiger partial charge in [-0.2, -0.15) is 0 Å². The normalized spacial score (nSPS) is 21.2. The Morgan fingerprint density at radius 1 is 1.39 bits per heavy atom. The van der Waals surface area contributed by atoms with Crippen molar-refractivity contribution >= 4 is 34.2 Å². The molecule has 1 aromatic carbocycles. The predicted octanol–water partition coefficient (Wildman–Crippen LogP) is 3.12. The number of phenolic OH excluding ortho intramolecular Hbond substituents is 1. The zero-order chi connectivity index (χ0) is 16.4. The van der Waals surface area contributed by atoms with Gasteiger partial charge in [0.05, 0.1) is 15.9 Å². The number of halogens is 1. The van der Waals surface area contributed by atoms with E-state index < -0.39 is 0 Å². The third-order valence-electron chi connectivity index (χ3n) is 4.39. The van der Waals surface area contributed by atoms with Gasteiger partial charge in [0, 0.05) is 23.3 Å². The number of hydrogen-bond donors (Lipinski definition) is 2. The lowest BCUT2D eigenvalue weighted by atomic mass is 9.86. The summed E-state index contributed by atoms with van der Waals surface area (Å²) in [6.07, 6.45) is 5.29. The first-order valence-corrected chi connectivity index (χ1v) is 8.65. The van der Waals surface area contributed by atoms with Gasteiger partial charge in [-0.3, -0.25) is 9.69 Å². The molecule has 1 fully saturated rings. The Morgan fingerprint density at radius 3 is 2.83 bits per heavy atom. The molecule has 1 aliphatic carbocycles. The van der Waals surface area contributed by atoms with Gasteiger partial charge in [0.1, 0.15) is 11.6 Å². The molecule has 0 unspecified atom stereocenters. The van der Waals surface area contributed by atoms with Gasteiger partial charge in [0.15, 0.2) is 5.75 Å². The highest BCUT2D eigenvalue weighted by Gasteiger charge is 2.39. The van der Waals surface area contributed by atoms with Crippen LogP contribution in [0.15, 0.2) is 29.7 Å². The molecule has 6 heteroatoms. The van der Waals surface area contributed by atoms with Gasteiger partial charge in [0.2, 0.25) is 0 Å². The van der Waals surface area contributed by atoms with E-state index in [2.05, 4.69) is 41.8 Å². The van der Waals surface area contributed by atoms with Crippen molar-refractivity contribution in [3.8, 4) is 11.5 Å². The molecule has 2 aliphatic heterocycles. The van der Waals surface area contributed by atoms with Gasteiger partial charge in [-0.05, 0) is 47.1 Å². The minimum Gasteiger partial charge on any atom is -0.506 e. The number of phenols is 1. The Hall–Kier alpha value is -1.70. The van der Waals surface area contributed by atoms with E-state index in [1.54, 1.807) is 6.20 Å². The van der Waals surface area contributed by atoms with Crippen LogP contribution in [0.4, 0.5) is 5.69 Å². The highest BCUT2D eigenvalue weighted by molar-refractivity contribution is 14.1. The molecule has 0 spiro atoms. The predicted molar refractivity (Wildman–Crippen MR) is 95.4 cm³/mol. The number of fused-ring (bicyclic) bond motifs is 1. The molecule has 4 rings (SSSR count). The van der Waals surface area contributed by atoms with Crippen LogP contribution in [0.3, 0.4) is 0 Å². The monoisotopic (exact) mass is 424 g/mol. The summed E-state index contributed by atoms with van der Waals surface area (Å²) in [6, 6.07) is 1.90. The van der Waals surface area contributed by atoms with E-state index in [1.807, 2.05) is 11.0 Å². The fourth-order valence-corrected chi connectivity index (χ4v) is 3.65. The van der Waals surface area contributed by atoms with E-state index >= 15 is 0 Å². The summed E-state index contributed by atoms with van der Waals surface area (Å²) in [5.41, 5.74) is 2.69. The third-order valence-corrected chi connectivity index (χ3v) is 5.21. The summed E-state index contributed by atoms with van der Waals surface area (Å²) < 4.78 is 6.71. The molecule has 2 heterocycles. The topological polar surface area (TPSA) is 61.8 Å². The highest BCUT2D eigenvalue weighted by atomic mass is 127. The molecule has 5 nitrogen and oxygen atoms in total. The van der Waals surface area contributed by atoms with Crippen LogP contribution in [0.2, 0.25) is 0 Å². The van der Waals surface area contributed by atoms with Gasteiger partial charge in [-0.25, -0.2) is 0 Å². The van der Waals surface area contributed by atoms with Crippen LogP contribution in [-0.4, -0.2) is 17.6 Å². The van der Waals surface area contributed by atoms with Crippen LogP contribution in [0.25, 0.3) is 0 Å². The minimum atomic E-state index is -0.245. The highest BCUT2D eigenvalue weighted by Crippen LogP contribution is 2.52. The molecular formula is C17H17IN2O3. The maximum atomic E-state index is 11.7. The zero-order valence-electron chi connectivity index (χ0n) is 12.9. The van der Waals surface area contributed by atoms with Crippen LogP contribution in [0.1, 0.15) is 32.3 Å². The molecule has 120 valence electrons. The first kappa shape index (κ1) is 14.9. The summed E-state index contributed by atoms with van der Waals surface area (Å²) in [6.45, 7) is 4.65. The molecule has 0 saturated heterocycles. The van der Waals surface area contributed by atoms with Gasteiger partial charge in [-0.15, -0.1) is 0 Å². The Bertz CT molecular complexity index is 790. The van der Waals surface area contributed by atoms with Crippen molar-refractivity contribution in [3.05, 3.63) is 38.9 Å². The summed E-state index contributed by atoms with van der Waals surface area (Å²) in [5.74, 6) is 1.71. The van der Waals surface area contributed by atoms with E-state index in [9.17, 15) is 9.90 Å². The third kappa shape index (κ3) is 2.31. The lowest BCUT2D eigenvalue weighted by Crippen LogP contribution is -2.36. The number of rotatable bonds is 1. The molecule has 0 aromatic heterocycles. The number of ether oxygens (including phenoxy) is 1. The molecule has 1 amide bonds. The number of anilines is 1. The van der Waals surface area contributed by atoms with Gasteiger partial charge >= 0.3 is 0 Å². The maximum Gasteiger partial charge on any atom is 0.250 e. The van der Waals surface area contributed by atoms with E-state index in [1.165, 1.54) is 11.6 Å². The lowest BCUT2D eigenvalue weighted by molar-refractivity contribution is -0.116. The smallest absolute Gasteiger partial charge is 0.250 e. The van der Waals surface area contributed by atoms with E-state index in [4.69, 9.17) is 4.74 Å². The van der Waals surface area contributed by atoms with Crippen molar-refractivity contribution in [1.82, 2.24) is 5.32 Å². The second-order valence-corrected chi connectivity index (χ2v) is 7.89. The summed E-state index contributed by atoms with van der Waals surface area (Å²) >= 11 is 2.14. The molecule has 3 aliphatic rings. The van der Waals surface area contributed by atoms with Crippen LogP contribution in [-0.2, 0) is 10.2 Å². The van der Waals surface area contributed by atoms with Crippen molar-refractivity contribution in [2.24, 2.45) is 0 Å². The van der Waals surface area contributed by atoms with Crippen molar-refractivity contribution < 1.29 is 14.6 Å². The standard InChI is InChI=1S/C17H17IN2O3/c1-17(2)8-23-15-11(7-10(18)14(22)13(15)17)20-6-5-12(21)19-16(20)9-3-4-9/h5-7,22H,3-4,8H2,1-2H3,(H,19,21). The fourth-order valence-electron chi connectivity index (χ4n) is 3.08. The van der Waals surface area contributed by atoms with E-state index in [0.717, 1.165) is 33.5 Å².